The minimum atomic E-state index is -0.262. The monoisotopic (exact) mass is 301 g/mol. The van der Waals surface area contributed by atoms with Crippen molar-refractivity contribution in [2.45, 2.75) is 52.1 Å². The van der Waals surface area contributed by atoms with Gasteiger partial charge in [-0.05, 0) is 51.7 Å². The summed E-state index contributed by atoms with van der Waals surface area (Å²) in [6.07, 6.45) is 7.15. The van der Waals surface area contributed by atoms with Crippen LogP contribution in [-0.2, 0) is 11.8 Å². The molecule has 2 aromatic heterocycles. The van der Waals surface area contributed by atoms with E-state index in [1.54, 1.807) is 10.9 Å². The highest BCUT2D eigenvalue weighted by atomic mass is 16.5. The Morgan fingerprint density at radius 3 is 2.45 bits per heavy atom. The molecule has 1 aliphatic rings. The molecular weight excluding hydrogens is 278 g/mol. The summed E-state index contributed by atoms with van der Waals surface area (Å²) in [7, 11) is 1.85. The van der Waals surface area contributed by atoms with Crippen LogP contribution in [0.5, 0.6) is 0 Å². The number of hydrogen-bond donors (Lipinski definition) is 0. The molecule has 22 heavy (non-hydrogen) atoms. The summed E-state index contributed by atoms with van der Waals surface area (Å²) in [6, 6.07) is 4.08. The maximum absolute atomic E-state index is 12.6. The molecule has 118 valence electrons. The minimum absolute atomic E-state index is 0.0566. The van der Waals surface area contributed by atoms with Gasteiger partial charge in [-0.1, -0.05) is 6.42 Å². The highest BCUT2D eigenvalue weighted by Gasteiger charge is 2.24. The van der Waals surface area contributed by atoms with E-state index in [0.717, 1.165) is 42.9 Å². The average molecular weight is 301 g/mol. The van der Waals surface area contributed by atoms with E-state index >= 15 is 0 Å². The molecule has 5 nitrogen and oxygen atoms in total. The maximum atomic E-state index is 12.6. The van der Waals surface area contributed by atoms with Crippen LogP contribution in [0.25, 0.3) is 5.82 Å². The smallest absolute Gasteiger partial charge is 0.343 e. The van der Waals surface area contributed by atoms with Crippen molar-refractivity contribution in [2.24, 2.45) is 7.05 Å². The summed E-state index contributed by atoms with van der Waals surface area (Å²) in [5, 5.41) is 4.26. The molecule has 0 N–H and O–H groups in total. The highest BCUT2D eigenvalue weighted by Crippen LogP contribution is 2.24. The summed E-state index contributed by atoms with van der Waals surface area (Å²) in [5.74, 6) is 0.517. The molecule has 2 heterocycles. The Bertz CT molecular complexity index is 659. The van der Waals surface area contributed by atoms with Gasteiger partial charge in [0.25, 0.3) is 0 Å². The van der Waals surface area contributed by atoms with E-state index in [1.165, 1.54) is 6.42 Å². The van der Waals surface area contributed by atoms with Crippen molar-refractivity contribution in [2.75, 3.05) is 0 Å². The van der Waals surface area contributed by atoms with Crippen molar-refractivity contribution in [1.29, 1.82) is 0 Å². The molecule has 0 amide bonds. The van der Waals surface area contributed by atoms with Gasteiger partial charge in [-0.15, -0.1) is 0 Å². The number of aryl methyl sites for hydroxylation is 3. The Hall–Kier alpha value is -2.04. The number of aromatic nitrogens is 3. The molecule has 1 saturated carbocycles. The van der Waals surface area contributed by atoms with E-state index in [9.17, 15) is 4.79 Å². The fraction of sp³-hybridized carbons (Fsp3) is 0.529. The third kappa shape index (κ3) is 2.67. The summed E-state index contributed by atoms with van der Waals surface area (Å²) >= 11 is 0. The van der Waals surface area contributed by atoms with Crippen LogP contribution in [0.15, 0.2) is 18.3 Å². The molecule has 0 bridgehead atoms. The molecule has 1 fully saturated rings. The van der Waals surface area contributed by atoms with E-state index in [2.05, 4.69) is 5.10 Å². The van der Waals surface area contributed by atoms with Gasteiger partial charge in [-0.2, -0.15) is 5.10 Å². The van der Waals surface area contributed by atoms with Gasteiger partial charge in [-0.25, -0.2) is 4.79 Å². The lowest BCUT2D eigenvalue weighted by atomic mass is 9.98. The predicted octanol–water partition coefficient (Wildman–Crippen LogP) is 3.32. The van der Waals surface area contributed by atoms with E-state index in [-0.39, 0.29) is 12.1 Å². The Morgan fingerprint density at radius 2 is 1.82 bits per heavy atom. The molecular formula is C17H23N3O2. The molecule has 2 aromatic rings. The van der Waals surface area contributed by atoms with Crippen LogP contribution in [0.1, 0.15) is 53.8 Å². The number of carbonyl (C=O) groups is 1. The number of esters is 1. The Morgan fingerprint density at radius 1 is 1.18 bits per heavy atom. The fourth-order valence-electron chi connectivity index (χ4n) is 3.24. The van der Waals surface area contributed by atoms with Crippen LogP contribution >= 0.6 is 0 Å². The van der Waals surface area contributed by atoms with Crippen molar-refractivity contribution >= 4 is 5.97 Å². The third-order valence-corrected chi connectivity index (χ3v) is 4.44. The number of nitrogens with zero attached hydrogens (tertiary/aromatic N) is 3. The van der Waals surface area contributed by atoms with Crippen LogP contribution in [-0.4, -0.2) is 26.4 Å². The van der Waals surface area contributed by atoms with Crippen LogP contribution in [0.4, 0.5) is 0 Å². The van der Waals surface area contributed by atoms with Gasteiger partial charge < -0.3 is 9.30 Å². The topological polar surface area (TPSA) is 49.1 Å². The minimum Gasteiger partial charge on any atom is -0.459 e. The second-order valence-electron chi connectivity index (χ2n) is 6.12. The second kappa shape index (κ2) is 5.99. The third-order valence-electron chi connectivity index (χ3n) is 4.44. The molecule has 0 aromatic carbocycles. The zero-order valence-corrected chi connectivity index (χ0v) is 13.5. The quantitative estimate of drug-likeness (QED) is 0.817. The molecule has 0 atom stereocenters. The van der Waals surface area contributed by atoms with Gasteiger partial charge in [0.15, 0.2) is 0 Å². The maximum Gasteiger partial charge on any atom is 0.343 e. The van der Waals surface area contributed by atoms with E-state index < -0.39 is 0 Å². The average Bonchev–Trinajstić information content (AvgIpc) is 3.03. The zero-order chi connectivity index (χ0) is 15.7. The fourth-order valence-corrected chi connectivity index (χ4v) is 3.24. The van der Waals surface area contributed by atoms with Gasteiger partial charge in [0, 0.05) is 18.4 Å². The molecule has 1 aliphatic carbocycles. The molecule has 0 radical (unpaired) electrons. The molecule has 0 spiro atoms. The first kappa shape index (κ1) is 14.9. The van der Waals surface area contributed by atoms with Crippen molar-refractivity contribution in [3.63, 3.8) is 0 Å². The van der Waals surface area contributed by atoms with Gasteiger partial charge in [-0.3, -0.25) is 4.68 Å². The van der Waals surface area contributed by atoms with Gasteiger partial charge >= 0.3 is 5.97 Å². The largest absolute Gasteiger partial charge is 0.459 e. The Balaban J connectivity index is 1.90. The van der Waals surface area contributed by atoms with E-state index in [0.29, 0.717) is 5.56 Å². The molecule has 0 aliphatic heterocycles. The number of ether oxygens (including phenoxy) is 1. The van der Waals surface area contributed by atoms with Crippen LogP contribution < -0.4 is 0 Å². The summed E-state index contributed by atoms with van der Waals surface area (Å²) in [5.41, 5.74) is 2.69. The SMILES string of the molecule is Cc1ccc(C)n1-c1c(C(=O)OC2CCCCC2)cnn1C. The second-order valence-corrected chi connectivity index (χ2v) is 6.12. The number of rotatable bonds is 3. The molecule has 3 rings (SSSR count). The van der Waals surface area contributed by atoms with Crippen molar-refractivity contribution in [1.82, 2.24) is 14.3 Å². The van der Waals surface area contributed by atoms with Gasteiger partial charge in [0.2, 0.25) is 0 Å². The van der Waals surface area contributed by atoms with Crippen molar-refractivity contribution in [3.05, 3.63) is 35.3 Å². The summed E-state index contributed by atoms with van der Waals surface area (Å²) in [6.45, 7) is 4.05. The lowest BCUT2D eigenvalue weighted by molar-refractivity contribution is 0.0211. The van der Waals surface area contributed by atoms with Crippen LogP contribution in [0.2, 0.25) is 0 Å². The summed E-state index contributed by atoms with van der Waals surface area (Å²) in [4.78, 5) is 12.6. The first-order valence-electron chi connectivity index (χ1n) is 7.96. The Kier molecular flexibility index (Phi) is 4.05. The lowest BCUT2D eigenvalue weighted by Crippen LogP contribution is -2.22. The molecule has 0 saturated heterocycles. The van der Waals surface area contributed by atoms with Gasteiger partial charge in [0.05, 0.1) is 6.20 Å². The first-order chi connectivity index (χ1) is 10.6. The van der Waals surface area contributed by atoms with Crippen molar-refractivity contribution < 1.29 is 9.53 Å². The molecule has 0 unspecified atom stereocenters. The van der Waals surface area contributed by atoms with Crippen molar-refractivity contribution in [3.8, 4) is 5.82 Å². The lowest BCUT2D eigenvalue weighted by Gasteiger charge is -2.22. The van der Waals surface area contributed by atoms with Crippen LogP contribution in [0.3, 0.4) is 0 Å². The molecule has 5 heteroatoms. The van der Waals surface area contributed by atoms with Crippen LogP contribution in [0, 0.1) is 13.8 Å². The zero-order valence-electron chi connectivity index (χ0n) is 13.5. The number of carbonyl (C=O) groups excluding carboxylic acids is 1. The highest BCUT2D eigenvalue weighted by molar-refractivity contribution is 5.92. The number of hydrogen-bond acceptors (Lipinski definition) is 3. The predicted molar refractivity (Wildman–Crippen MR) is 84.3 cm³/mol. The first-order valence-corrected chi connectivity index (χ1v) is 7.96. The van der Waals surface area contributed by atoms with Gasteiger partial charge in [0.1, 0.15) is 17.5 Å². The normalized spacial score (nSPS) is 16.0. The van der Waals surface area contributed by atoms with E-state index in [1.807, 2.05) is 37.6 Å². The summed E-state index contributed by atoms with van der Waals surface area (Å²) < 4.78 is 9.48. The van der Waals surface area contributed by atoms with E-state index in [4.69, 9.17) is 4.74 Å². The standard InChI is InChI=1S/C17H23N3O2/c1-12-9-10-13(2)20(12)16-15(11-18-19(16)3)17(21)22-14-7-5-4-6-8-14/h9-11,14H,4-8H2,1-3H3. The Labute approximate surface area is 130 Å².